The number of para-hydroxylation sites is 1. The number of hydrogen-bond donors (Lipinski definition) is 1. The van der Waals surface area contributed by atoms with Crippen LogP contribution in [0.3, 0.4) is 0 Å². The number of nitrogens with one attached hydrogen (secondary N) is 1. The molecule has 0 spiro atoms. The molecule has 3 nitrogen and oxygen atoms in total. The van der Waals surface area contributed by atoms with Crippen LogP contribution in [0.5, 0.6) is 0 Å². The van der Waals surface area contributed by atoms with Gasteiger partial charge in [0.25, 0.3) is 0 Å². The summed E-state index contributed by atoms with van der Waals surface area (Å²) in [6, 6.07) is 10.2. The normalized spacial score (nSPS) is 24.7. The zero-order chi connectivity index (χ0) is 13.9. The van der Waals surface area contributed by atoms with Crippen molar-refractivity contribution in [2.24, 2.45) is 0 Å². The van der Waals surface area contributed by atoms with E-state index < -0.39 is 0 Å². The fourth-order valence-corrected chi connectivity index (χ4v) is 3.86. The summed E-state index contributed by atoms with van der Waals surface area (Å²) in [5.41, 5.74) is 2.91. The predicted molar refractivity (Wildman–Crippen MR) is 85.3 cm³/mol. The van der Waals surface area contributed by atoms with Gasteiger partial charge in [0.15, 0.2) is 0 Å². The zero-order valence-corrected chi connectivity index (χ0v) is 12.8. The van der Waals surface area contributed by atoms with Crippen LogP contribution >= 0.6 is 0 Å². The number of benzene rings is 1. The summed E-state index contributed by atoms with van der Waals surface area (Å²) in [5.74, 6) is 0. The molecule has 0 aliphatic carbocycles. The molecule has 2 aliphatic rings. The highest BCUT2D eigenvalue weighted by atomic mass is 15.3. The molecule has 2 unspecified atom stereocenters. The number of rotatable bonds is 4. The number of piperazine rings is 1. The summed E-state index contributed by atoms with van der Waals surface area (Å²) >= 11 is 0. The average molecular weight is 273 g/mol. The van der Waals surface area contributed by atoms with Crippen LogP contribution in [0.2, 0.25) is 0 Å². The minimum absolute atomic E-state index is 0.466. The van der Waals surface area contributed by atoms with Crippen LogP contribution in [0, 0.1) is 0 Å². The Morgan fingerprint density at radius 1 is 1.25 bits per heavy atom. The Bertz CT molecular complexity index is 442. The molecule has 3 rings (SSSR count). The van der Waals surface area contributed by atoms with Crippen LogP contribution in [0.25, 0.3) is 0 Å². The lowest BCUT2D eigenvalue weighted by Gasteiger charge is -2.40. The van der Waals surface area contributed by atoms with Crippen LogP contribution in [-0.2, 0) is 0 Å². The van der Waals surface area contributed by atoms with E-state index in [1.807, 2.05) is 0 Å². The number of anilines is 1. The highest BCUT2D eigenvalue weighted by Gasteiger charge is 2.31. The molecule has 1 aromatic rings. The van der Waals surface area contributed by atoms with Crippen LogP contribution in [0.4, 0.5) is 5.69 Å². The Hall–Kier alpha value is -1.06. The van der Waals surface area contributed by atoms with Gasteiger partial charge in [-0.05, 0) is 44.5 Å². The first-order valence-electron chi connectivity index (χ1n) is 8.08. The molecule has 2 aliphatic heterocycles. The van der Waals surface area contributed by atoms with E-state index in [-0.39, 0.29) is 0 Å². The zero-order valence-electron chi connectivity index (χ0n) is 12.8. The molecule has 0 radical (unpaired) electrons. The second-order valence-corrected chi connectivity index (χ2v) is 6.09. The first-order chi connectivity index (χ1) is 9.83. The van der Waals surface area contributed by atoms with E-state index in [1.165, 1.54) is 50.3 Å². The molecule has 3 heteroatoms. The Labute approximate surface area is 123 Å². The molecule has 2 heterocycles. The van der Waals surface area contributed by atoms with E-state index in [0.717, 1.165) is 12.5 Å². The monoisotopic (exact) mass is 273 g/mol. The van der Waals surface area contributed by atoms with Crippen LogP contribution in [0.15, 0.2) is 24.3 Å². The van der Waals surface area contributed by atoms with Crippen molar-refractivity contribution < 1.29 is 0 Å². The molecule has 20 heavy (non-hydrogen) atoms. The van der Waals surface area contributed by atoms with E-state index in [2.05, 4.69) is 53.4 Å². The smallest absolute Gasteiger partial charge is 0.0415 e. The van der Waals surface area contributed by atoms with Gasteiger partial charge >= 0.3 is 0 Å². The lowest BCUT2D eigenvalue weighted by molar-refractivity contribution is 0.230. The Morgan fingerprint density at radius 3 is 2.90 bits per heavy atom. The second kappa shape index (κ2) is 6.15. The Morgan fingerprint density at radius 2 is 2.10 bits per heavy atom. The van der Waals surface area contributed by atoms with Crippen molar-refractivity contribution in [3.8, 4) is 0 Å². The molecule has 2 saturated heterocycles. The maximum Gasteiger partial charge on any atom is 0.0415 e. The quantitative estimate of drug-likeness (QED) is 0.910. The molecular weight excluding hydrogens is 246 g/mol. The molecule has 2 atom stereocenters. The van der Waals surface area contributed by atoms with Crippen molar-refractivity contribution in [3.05, 3.63) is 29.8 Å². The third-order valence-corrected chi connectivity index (χ3v) is 5.00. The molecule has 0 aromatic heterocycles. The van der Waals surface area contributed by atoms with E-state index in [1.54, 1.807) is 0 Å². The topological polar surface area (TPSA) is 18.5 Å². The lowest BCUT2D eigenvalue weighted by atomic mass is 10.0. The van der Waals surface area contributed by atoms with Gasteiger partial charge < -0.3 is 10.2 Å². The maximum absolute atomic E-state index is 3.46. The van der Waals surface area contributed by atoms with Crippen molar-refractivity contribution in [2.75, 3.05) is 38.1 Å². The van der Waals surface area contributed by atoms with Crippen molar-refractivity contribution in [1.29, 1.82) is 0 Å². The molecule has 110 valence electrons. The Balaban J connectivity index is 1.83. The summed E-state index contributed by atoms with van der Waals surface area (Å²) < 4.78 is 0. The van der Waals surface area contributed by atoms with Gasteiger partial charge in [-0.25, -0.2) is 0 Å². The highest BCUT2D eigenvalue weighted by molar-refractivity contribution is 5.55. The van der Waals surface area contributed by atoms with Gasteiger partial charge in [-0.3, -0.25) is 4.90 Å². The molecule has 2 fully saturated rings. The SMILES string of the molecule is CCC(NC)c1ccccc1N1CCN2CCCC2C1. The van der Waals surface area contributed by atoms with Crippen molar-refractivity contribution in [1.82, 2.24) is 10.2 Å². The standard InChI is InChI=1S/C17H27N3/c1-3-16(18-2)15-8-4-5-9-17(15)20-12-11-19-10-6-7-14(19)13-20/h4-5,8-9,14,16,18H,3,6-7,10-13H2,1-2H3. The summed E-state index contributed by atoms with van der Waals surface area (Å²) in [7, 11) is 2.07. The van der Waals surface area contributed by atoms with Gasteiger partial charge in [0.05, 0.1) is 0 Å². The summed E-state index contributed by atoms with van der Waals surface area (Å²) in [4.78, 5) is 5.29. The van der Waals surface area contributed by atoms with E-state index >= 15 is 0 Å². The van der Waals surface area contributed by atoms with Gasteiger partial charge in [0.1, 0.15) is 0 Å². The average Bonchev–Trinajstić information content (AvgIpc) is 2.96. The van der Waals surface area contributed by atoms with Crippen LogP contribution in [0.1, 0.15) is 37.8 Å². The van der Waals surface area contributed by atoms with E-state index in [0.29, 0.717) is 6.04 Å². The summed E-state index contributed by atoms with van der Waals surface area (Å²) in [6.07, 6.45) is 3.90. The van der Waals surface area contributed by atoms with Gasteiger partial charge in [-0.2, -0.15) is 0 Å². The molecular formula is C17H27N3. The molecule has 1 N–H and O–H groups in total. The van der Waals surface area contributed by atoms with Gasteiger partial charge in [-0.1, -0.05) is 25.1 Å². The molecule has 0 bridgehead atoms. The fraction of sp³-hybridized carbons (Fsp3) is 0.647. The largest absolute Gasteiger partial charge is 0.368 e. The molecule has 1 aromatic carbocycles. The van der Waals surface area contributed by atoms with Gasteiger partial charge in [0, 0.05) is 37.4 Å². The first-order valence-corrected chi connectivity index (χ1v) is 8.08. The Kier molecular flexibility index (Phi) is 4.27. The number of nitrogens with zero attached hydrogens (tertiary/aromatic N) is 2. The van der Waals surface area contributed by atoms with Crippen molar-refractivity contribution >= 4 is 5.69 Å². The summed E-state index contributed by atoms with van der Waals surface area (Å²) in [5, 5.41) is 3.46. The van der Waals surface area contributed by atoms with Gasteiger partial charge in [0.2, 0.25) is 0 Å². The third kappa shape index (κ3) is 2.57. The summed E-state index contributed by atoms with van der Waals surface area (Å²) in [6.45, 7) is 7.18. The van der Waals surface area contributed by atoms with E-state index in [4.69, 9.17) is 0 Å². The van der Waals surface area contributed by atoms with Crippen LogP contribution < -0.4 is 10.2 Å². The predicted octanol–water partition coefficient (Wildman–Crippen LogP) is 2.64. The molecule has 0 amide bonds. The van der Waals surface area contributed by atoms with Crippen molar-refractivity contribution in [2.45, 2.75) is 38.3 Å². The molecule has 0 saturated carbocycles. The minimum atomic E-state index is 0.466. The maximum atomic E-state index is 3.46. The van der Waals surface area contributed by atoms with Gasteiger partial charge in [-0.15, -0.1) is 0 Å². The lowest BCUT2D eigenvalue weighted by Crippen LogP contribution is -2.50. The van der Waals surface area contributed by atoms with Crippen molar-refractivity contribution in [3.63, 3.8) is 0 Å². The highest BCUT2D eigenvalue weighted by Crippen LogP contribution is 2.31. The fourth-order valence-electron chi connectivity index (χ4n) is 3.86. The van der Waals surface area contributed by atoms with E-state index in [9.17, 15) is 0 Å². The van der Waals surface area contributed by atoms with Crippen LogP contribution in [-0.4, -0.2) is 44.2 Å². The third-order valence-electron chi connectivity index (χ3n) is 5.00. The number of hydrogen-bond acceptors (Lipinski definition) is 3. The first kappa shape index (κ1) is 13.9. The number of fused-ring (bicyclic) bond motifs is 1. The second-order valence-electron chi connectivity index (χ2n) is 6.09. The minimum Gasteiger partial charge on any atom is -0.368 e.